The Balaban J connectivity index is 1.22. The minimum atomic E-state index is 0.193. The monoisotopic (exact) mass is 885 g/mol. The number of hydrogen-bond donors (Lipinski definition) is 2. The van der Waals surface area contributed by atoms with Crippen molar-refractivity contribution in [2.24, 2.45) is 0 Å². The molecule has 0 fully saturated rings. The Morgan fingerprint density at radius 1 is 0.364 bits per heavy atom. The third-order valence-corrected chi connectivity index (χ3v) is 13.1. The number of benzene rings is 5. The molecule has 5 aromatic carbocycles. The number of aromatic hydroxyl groups is 2. The number of para-hydroxylation sites is 2. The minimum absolute atomic E-state index is 0.193. The van der Waals surface area contributed by atoms with Crippen LogP contribution in [0.4, 0.5) is 0 Å². The molecule has 0 aliphatic carbocycles. The van der Waals surface area contributed by atoms with Crippen LogP contribution in [0.3, 0.4) is 0 Å². The van der Waals surface area contributed by atoms with Crippen LogP contribution in [-0.2, 0) is 0 Å². The van der Waals surface area contributed by atoms with Crippen molar-refractivity contribution in [3.63, 3.8) is 0 Å². The van der Waals surface area contributed by atoms with Gasteiger partial charge in [-0.1, -0.05) is 190 Å². The summed E-state index contributed by atoms with van der Waals surface area (Å²) in [5, 5.41) is 24.8. The topological polar surface area (TPSA) is 84.7 Å². The fourth-order valence-electron chi connectivity index (χ4n) is 9.27. The number of phenolic OH excluding ortho intramolecular Hbond substituents is 2. The average Bonchev–Trinajstić information content (AvgIpc) is 3.35. The van der Waals surface area contributed by atoms with Crippen molar-refractivity contribution in [3.05, 3.63) is 122 Å². The summed E-state index contributed by atoms with van der Waals surface area (Å²) in [5.41, 5.74) is 8.46. The molecular weight excluding hydrogens is 813 g/mol. The number of aromatic nitrogens is 2. The van der Waals surface area contributed by atoms with Crippen LogP contribution in [0, 0.1) is 0 Å². The Labute approximate surface area is 394 Å². The maximum absolute atomic E-state index is 11.4. The molecule has 0 amide bonds. The molecular formula is C60H72N2O4. The van der Waals surface area contributed by atoms with Crippen molar-refractivity contribution in [2.75, 3.05) is 13.2 Å². The van der Waals surface area contributed by atoms with E-state index in [0.717, 1.165) is 92.4 Å². The summed E-state index contributed by atoms with van der Waals surface area (Å²) in [6.45, 7) is 5.72. The number of unbranched alkanes of at least 4 members (excludes halogenated alkanes) is 18. The first kappa shape index (κ1) is 48.1. The number of ether oxygens (including phenoxy) is 2. The highest BCUT2D eigenvalue weighted by atomic mass is 16.5. The summed E-state index contributed by atoms with van der Waals surface area (Å²) in [7, 11) is 0. The van der Waals surface area contributed by atoms with E-state index < -0.39 is 0 Å². The van der Waals surface area contributed by atoms with Crippen molar-refractivity contribution in [3.8, 4) is 67.5 Å². The second kappa shape index (κ2) is 25.7. The van der Waals surface area contributed by atoms with E-state index >= 15 is 0 Å². The maximum Gasteiger partial charge on any atom is 0.128 e. The highest BCUT2D eigenvalue weighted by Crippen LogP contribution is 2.46. The molecule has 0 saturated carbocycles. The van der Waals surface area contributed by atoms with Crippen LogP contribution in [0.15, 0.2) is 122 Å². The van der Waals surface area contributed by atoms with Crippen LogP contribution < -0.4 is 9.47 Å². The lowest BCUT2D eigenvalue weighted by molar-refractivity contribution is 0.298. The van der Waals surface area contributed by atoms with Gasteiger partial charge in [0.2, 0.25) is 0 Å². The molecule has 346 valence electrons. The third-order valence-electron chi connectivity index (χ3n) is 13.1. The Morgan fingerprint density at radius 2 is 0.727 bits per heavy atom. The minimum Gasteiger partial charge on any atom is -0.507 e. The molecule has 6 heteroatoms. The zero-order valence-corrected chi connectivity index (χ0v) is 39.7. The lowest BCUT2D eigenvalue weighted by Gasteiger charge is -2.20. The van der Waals surface area contributed by atoms with Crippen molar-refractivity contribution in [1.82, 2.24) is 9.97 Å². The van der Waals surface area contributed by atoms with Gasteiger partial charge in [0.25, 0.3) is 0 Å². The highest BCUT2D eigenvalue weighted by Gasteiger charge is 2.20. The molecule has 0 radical (unpaired) electrons. The molecule has 0 aliphatic rings. The molecule has 2 aromatic heterocycles. The van der Waals surface area contributed by atoms with Gasteiger partial charge in [-0.2, -0.15) is 0 Å². The van der Waals surface area contributed by atoms with E-state index in [1.54, 1.807) is 24.5 Å². The SMILES string of the molecule is CCCCCCCCCCCCOc1cc(-c2ccc(O)c(-c3cccc4cccnc34)c2)c(OCCCCCCCCCCCC)cc1-c1ccc(O)c(-c2cccc3cccnc23)c1. The molecule has 0 unspecified atom stereocenters. The van der Waals surface area contributed by atoms with Gasteiger partial charge in [0.1, 0.15) is 23.0 Å². The number of nitrogens with zero attached hydrogens (tertiary/aromatic N) is 2. The van der Waals surface area contributed by atoms with Crippen molar-refractivity contribution in [2.45, 2.75) is 142 Å². The normalized spacial score (nSPS) is 11.4. The summed E-state index contributed by atoms with van der Waals surface area (Å²) >= 11 is 0. The van der Waals surface area contributed by atoms with Gasteiger partial charge >= 0.3 is 0 Å². The van der Waals surface area contributed by atoms with E-state index in [0.29, 0.717) is 24.3 Å². The molecule has 2 heterocycles. The van der Waals surface area contributed by atoms with E-state index in [-0.39, 0.29) is 11.5 Å². The molecule has 0 atom stereocenters. The quantitative estimate of drug-likeness (QED) is 0.0477. The summed E-state index contributed by atoms with van der Waals surface area (Å²) < 4.78 is 13.7. The lowest BCUT2D eigenvalue weighted by atomic mass is 9.92. The first-order chi connectivity index (χ1) is 32.6. The van der Waals surface area contributed by atoms with Crippen LogP contribution in [-0.4, -0.2) is 33.4 Å². The van der Waals surface area contributed by atoms with Gasteiger partial charge in [-0.3, -0.25) is 9.97 Å². The van der Waals surface area contributed by atoms with Gasteiger partial charge in [0.15, 0.2) is 0 Å². The number of rotatable bonds is 28. The first-order valence-electron chi connectivity index (χ1n) is 25.3. The number of fused-ring (bicyclic) bond motifs is 2. The van der Waals surface area contributed by atoms with Crippen LogP contribution in [0.2, 0.25) is 0 Å². The summed E-state index contributed by atoms with van der Waals surface area (Å²) in [6, 6.07) is 36.0. The average molecular weight is 885 g/mol. The van der Waals surface area contributed by atoms with Crippen molar-refractivity contribution in [1.29, 1.82) is 0 Å². The largest absolute Gasteiger partial charge is 0.507 e. The van der Waals surface area contributed by atoms with Gasteiger partial charge in [0.05, 0.1) is 24.2 Å². The Kier molecular flexibility index (Phi) is 18.7. The Bertz CT molecular complexity index is 2390. The zero-order chi connectivity index (χ0) is 45.8. The van der Waals surface area contributed by atoms with Crippen LogP contribution >= 0.6 is 0 Å². The fraction of sp³-hybridized carbons (Fsp3) is 0.400. The predicted octanol–water partition coefficient (Wildman–Crippen LogP) is 17.5. The molecule has 6 nitrogen and oxygen atoms in total. The summed E-state index contributed by atoms with van der Waals surface area (Å²) in [4.78, 5) is 9.45. The number of hydrogen-bond acceptors (Lipinski definition) is 6. The number of phenols is 2. The van der Waals surface area contributed by atoms with Gasteiger partial charge < -0.3 is 19.7 Å². The van der Waals surface area contributed by atoms with Gasteiger partial charge in [-0.05, 0) is 72.5 Å². The molecule has 7 aromatic rings. The van der Waals surface area contributed by atoms with Crippen LogP contribution in [0.5, 0.6) is 23.0 Å². The van der Waals surface area contributed by atoms with E-state index in [1.807, 2.05) is 48.5 Å². The van der Waals surface area contributed by atoms with E-state index in [1.165, 1.54) is 103 Å². The number of pyridine rings is 2. The highest BCUT2D eigenvalue weighted by molar-refractivity contribution is 5.98. The summed E-state index contributed by atoms with van der Waals surface area (Å²) in [5.74, 6) is 1.89. The predicted molar refractivity (Wildman–Crippen MR) is 277 cm³/mol. The molecule has 7 rings (SSSR count). The van der Waals surface area contributed by atoms with Gasteiger partial charge in [-0.15, -0.1) is 0 Å². The standard InChI is InChI=1S/C60H72N2O4/c1-3-5-7-9-11-13-15-17-19-21-39-65-57-43-52(48-34-36-56(64)54(42-48)50-32-24-28-46-30-26-38-62-60(46)50)58(66-40-22-20-18-16-14-12-10-8-6-4-2)44-51(57)47-33-35-55(63)53(41-47)49-31-23-27-45-29-25-37-61-59(45)49/h23-38,41-44,63-64H,3-22,39-40H2,1-2H3. The van der Waals surface area contributed by atoms with E-state index in [4.69, 9.17) is 19.4 Å². The Morgan fingerprint density at radius 3 is 1.12 bits per heavy atom. The van der Waals surface area contributed by atoms with E-state index in [9.17, 15) is 10.2 Å². The smallest absolute Gasteiger partial charge is 0.128 e. The lowest BCUT2D eigenvalue weighted by Crippen LogP contribution is -2.03. The van der Waals surface area contributed by atoms with Crippen molar-refractivity contribution >= 4 is 21.8 Å². The van der Waals surface area contributed by atoms with Crippen molar-refractivity contribution < 1.29 is 19.7 Å². The second-order valence-corrected chi connectivity index (χ2v) is 18.1. The molecule has 2 N–H and O–H groups in total. The molecule has 0 aliphatic heterocycles. The maximum atomic E-state index is 11.4. The molecule has 0 spiro atoms. The van der Waals surface area contributed by atoms with Crippen LogP contribution in [0.25, 0.3) is 66.3 Å². The summed E-state index contributed by atoms with van der Waals surface area (Å²) in [6.07, 6.45) is 28.6. The fourth-order valence-corrected chi connectivity index (χ4v) is 9.27. The zero-order valence-electron chi connectivity index (χ0n) is 39.7. The van der Waals surface area contributed by atoms with Gasteiger partial charge in [-0.25, -0.2) is 0 Å². The second-order valence-electron chi connectivity index (χ2n) is 18.1. The molecule has 66 heavy (non-hydrogen) atoms. The molecule has 0 bridgehead atoms. The molecule has 0 saturated heterocycles. The third kappa shape index (κ3) is 13.1. The van der Waals surface area contributed by atoms with E-state index in [2.05, 4.69) is 62.4 Å². The van der Waals surface area contributed by atoms with Crippen LogP contribution in [0.1, 0.15) is 142 Å². The first-order valence-corrected chi connectivity index (χ1v) is 25.3. The Hall–Kier alpha value is -5.88. The van der Waals surface area contributed by atoms with Gasteiger partial charge in [0, 0.05) is 56.5 Å².